The zero-order valence-corrected chi connectivity index (χ0v) is 13.3. The summed E-state index contributed by atoms with van der Waals surface area (Å²) in [4.78, 5) is 7.55. The maximum Gasteiger partial charge on any atom is 0.330 e. The van der Waals surface area contributed by atoms with Crippen LogP contribution >= 0.6 is 0 Å². The van der Waals surface area contributed by atoms with E-state index in [9.17, 15) is 5.11 Å². The maximum atomic E-state index is 10.1. The van der Waals surface area contributed by atoms with Crippen molar-refractivity contribution in [2.75, 3.05) is 0 Å². The van der Waals surface area contributed by atoms with Crippen molar-refractivity contribution in [1.29, 1.82) is 0 Å². The van der Waals surface area contributed by atoms with Crippen LogP contribution in [0.5, 0.6) is 0 Å². The van der Waals surface area contributed by atoms with E-state index in [2.05, 4.69) is 16.0 Å². The minimum atomic E-state index is -0.930. The number of aromatic amines is 1. The van der Waals surface area contributed by atoms with Gasteiger partial charge in [-0.05, 0) is 39.8 Å². The second-order valence-electron chi connectivity index (χ2n) is 6.66. The van der Waals surface area contributed by atoms with Gasteiger partial charge < -0.3 is 14.7 Å². The largest absolute Gasteiger partial charge is 0.427 e. The molecule has 0 bridgehead atoms. The molecule has 3 rings (SSSR count). The third kappa shape index (κ3) is 2.62. The molecule has 0 aliphatic carbocycles. The van der Waals surface area contributed by atoms with E-state index in [1.54, 1.807) is 27.5 Å². The van der Waals surface area contributed by atoms with Gasteiger partial charge in [0, 0.05) is 34.2 Å². The number of aromatic nitrogens is 2. The summed E-state index contributed by atoms with van der Waals surface area (Å²) in [6.45, 7) is 7.23. The number of hydrogen-bond acceptors (Lipinski definition) is 3. The highest BCUT2D eigenvalue weighted by Crippen LogP contribution is 2.25. The molecule has 2 N–H and O–H groups in total. The molecule has 1 radical (unpaired) electrons. The Morgan fingerprint density at radius 3 is 2.59 bits per heavy atom. The zero-order chi connectivity index (χ0) is 16.0. The van der Waals surface area contributed by atoms with Crippen LogP contribution in [-0.4, -0.2) is 33.8 Å². The van der Waals surface area contributed by atoms with Crippen LogP contribution in [0, 0.1) is 0 Å². The predicted octanol–water partition coefficient (Wildman–Crippen LogP) is 2.53. The molecule has 4 nitrogen and oxygen atoms in total. The summed E-state index contributed by atoms with van der Waals surface area (Å²) < 4.78 is 5.80. The van der Waals surface area contributed by atoms with E-state index >= 15 is 0 Å². The van der Waals surface area contributed by atoms with E-state index in [0.29, 0.717) is 0 Å². The van der Waals surface area contributed by atoms with Crippen molar-refractivity contribution in [3.05, 3.63) is 36.7 Å². The molecule has 3 aromatic rings. The van der Waals surface area contributed by atoms with Crippen molar-refractivity contribution in [2.24, 2.45) is 0 Å². The van der Waals surface area contributed by atoms with Crippen LogP contribution in [-0.2, 0) is 4.65 Å². The number of aliphatic hydroxyl groups is 1. The highest BCUT2D eigenvalue weighted by atomic mass is 16.5. The molecule has 1 aromatic carbocycles. The number of hydrogen-bond donors (Lipinski definition) is 2. The molecular weight excluding hydrogens is 275 g/mol. The molecule has 0 atom stereocenters. The summed E-state index contributed by atoms with van der Waals surface area (Å²) >= 11 is 0. The van der Waals surface area contributed by atoms with Gasteiger partial charge in [0.05, 0.1) is 11.2 Å². The molecule has 2 aromatic heterocycles. The number of pyridine rings is 1. The van der Waals surface area contributed by atoms with Crippen molar-refractivity contribution in [2.45, 2.75) is 38.9 Å². The molecule has 0 saturated heterocycles. The Kier molecular flexibility index (Phi) is 3.50. The van der Waals surface area contributed by atoms with Gasteiger partial charge in [-0.15, -0.1) is 0 Å². The molecule has 0 unspecified atom stereocenters. The Bertz CT molecular complexity index is 818. The van der Waals surface area contributed by atoms with Gasteiger partial charge in [-0.1, -0.05) is 17.6 Å². The Balaban J connectivity index is 1.88. The Morgan fingerprint density at radius 2 is 1.86 bits per heavy atom. The van der Waals surface area contributed by atoms with Crippen molar-refractivity contribution >= 4 is 34.8 Å². The van der Waals surface area contributed by atoms with E-state index in [4.69, 9.17) is 4.65 Å². The van der Waals surface area contributed by atoms with Crippen molar-refractivity contribution < 1.29 is 9.76 Å². The van der Waals surface area contributed by atoms with E-state index in [1.807, 2.05) is 38.2 Å². The molecule has 113 valence electrons. The molecule has 0 saturated carbocycles. The number of H-pyrrole nitrogens is 1. The van der Waals surface area contributed by atoms with E-state index in [1.165, 1.54) is 0 Å². The lowest BCUT2D eigenvalue weighted by Crippen LogP contribution is -2.49. The first-order chi connectivity index (χ1) is 10.3. The number of rotatable bonds is 4. The molecule has 2 heterocycles. The monoisotopic (exact) mass is 295 g/mol. The van der Waals surface area contributed by atoms with Gasteiger partial charge in [0.1, 0.15) is 0 Å². The summed E-state index contributed by atoms with van der Waals surface area (Å²) in [5, 5.41) is 12.4. The van der Waals surface area contributed by atoms with E-state index in [-0.39, 0.29) is 0 Å². The minimum absolute atomic E-state index is 0.674. The van der Waals surface area contributed by atoms with Crippen molar-refractivity contribution in [3.8, 4) is 0 Å². The van der Waals surface area contributed by atoms with Gasteiger partial charge in [0.15, 0.2) is 0 Å². The highest BCUT2D eigenvalue weighted by molar-refractivity contribution is 6.47. The highest BCUT2D eigenvalue weighted by Gasteiger charge is 2.35. The Hall–Kier alpha value is -1.85. The lowest BCUT2D eigenvalue weighted by molar-refractivity contribution is -0.0893. The van der Waals surface area contributed by atoms with Crippen LogP contribution < -0.4 is 5.46 Å². The lowest BCUT2D eigenvalue weighted by atomic mass is 9.82. The summed E-state index contributed by atoms with van der Waals surface area (Å²) in [6.07, 6.45) is 3.64. The average Bonchev–Trinajstić information content (AvgIpc) is 2.81. The molecule has 0 aliphatic heterocycles. The number of fused-ring (bicyclic) bond motifs is 3. The van der Waals surface area contributed by atoms with Crippen LogP contribution in [0.2, 0.25) is 0 Å². The van der Waals surface area contributed by atoms with Crippen molar-refractivity contribution in [3.63, 3.8) is 0 Å². The van der Waals surface area contributed by atoms with Crippen LogP contribution in [0.4, 0.5) is 0 Å². The Labute approximate surface area is 130 Å². The standard InChI is InChI=1S/C17H20BN2O2/c1-16(2,21)17(3,4)22-18-11-5-6-12-13-10-19-8-7-14(13)20-15(12)9-11/h5-10,20-21H,1-4H3. The number of nitrogens with zero attached hydrogens (tertiary/aromatic N) is 1. The third-order valence-corrected chi connectivity index (χ3v) is 4.39. The van der Waals surface area contributed by atoms with Crippen LogP contribution in [0.15, 0.2) is 36.7 Å². The molecule has 5 heteroatoms. The fourth-order valence-corrected chi connectivity index (χ4v) is 2.20. The first-order valence-corrected chi connectivity index (χ1v) is 7.37. The molecule has 0 spiro atoms. The van der Waals surface area contributed by atoms with Gasteiger partial charge in [0.2, 0.25) is 0 Å². The van der Waals surface area contributed by atoms with E-state index in [0.717, 1.165) is 27.3 Å². The number of benzene rings is 1. The SMILES string of the molecule is CC(C)(O)C(C)(C)O[B]c1ccc2c(c1)[nH]c1ccncc12. The summed E-state index contributed by atoms with van der Waals surface area (Å²) in [5.41, 5.74) is 1.46. The van der Waals surface area contributed by atoms with Gasteiger partial charge in [-0.25, -0.2) is 0 Å². The summed E-state index contributed by atoms with van der Waals surface area (Å²) in [5.74, 6) is 0. The van der Waals surface area contributed by atoms with Gasteiger partial charge in [-0.2, -0.15) is 0 Å². The van der Waals surface area contributed by atoms with Crippen LogP contribution in [0.1, 0.15) is 27.7 Å². The predicted molar refractivity (Wildman–Crippen MR) is 90.4 cm³/mol. The maximum absolute atomic E-state index is 10.1. The first kappa shape index (κ1) is 15.1. The number of nitrogens with one attached hydrogen (secondary N) is 1. The van der Waals surface area contributed by atoms with Crippen molar-refractivity contribution in [1.82, 2.24) is 9.97 Å². The van der Waals surface area contributed by atoms with Crippen LogP contribution in [0.25, 0.3) is 21.8 Å². The smallest absolute Gasteiger partial charge is 0.330 e. The van der Waals surface area contributed by atoms with E-state index < -0.39 is 11.2 Å². The summed E-state index contributed by atoms with van der Waals surface area (Å²) in [7, 11) is 1.70. The third-order valence-electron chi connectivity index (χ3n) is 4.39. The molecule has 0 amide bonds. The van der Waals surface area contributed by atoms with Crippen LogP contribution in [0.3, 0.4) is 0 Å². The van der Waals surface area contributed by atoms with Gasteiger partial charge >= 0.3 is 7.48 Å². The van der Waals surface area contributed by atoms with Gasteiger partial charge in [0.25, 0.3) is 0 Å². The normalized spacial score (nSPS) is 13.0. The molecular formula is C17H20BN2O2. The molecule has 22 heavy (non-hydrogen) atoms. The fraction of sp³-hybridized carbons (Fsp3) is 0.353. The second-order valence-corrected chi connectivity index (χ2v) is 6.66. The Morgan fingerprint density at radius 1 is 1.09 bits per heavy atom. The quantitative estimate of drug-likeness (QED) is 0.727. The van der Waals surface area contributed by atoms with Gasteiger partial charge in [-0.3, -0.25) is 4.98 Å². The average molecular weight is 295 g/mol. The second kappa shape index (κ2) is 5.11. The summed E-state index contributed by atoms with van der Waals surface area (Å²) in [6, 6.07) is 8.06. The fourth-order valence-electron chi connectivity index (χ4n) is 2.20. The molecule has 0 aliphatic rings. The topological polar surface area (TPSA) is 58.1 Å². The first-order valence-electron chi connectivity index (χ1n) is 7.37. The molecule has 0 fully saturated rings. The minimum Gasteiger partial charge on any atom is -0.427 e. The lowest BCUT2D eigenvalue weighted by Gasteiger charge is -2.37. The zero-order valence-electron chi connectivity index (χ0n) is 13.3.